The molecule has 2 aromatic rings. The lowest BCUT2D eigenvalue weighted by molar-refractivity contribution is 0.720. The van der Waals surface area contributed by atoms with E-state index in [-0.39, 0.29) is 0 Å². The van der Waals surface area contributed by atoms with Crippen molar-refractivity contribution < 1.29 is 0 Å². The molecule has 0 fully saturated rings. The molecule has 4 nitrogen and oxygen atoms in total. The van der Waals surface area contributed by atoms with Gasteiger partial charge in [0.2, 0.25) is 0 Å². The van der Waals surface area contributed by atoms with Crippen LogP contribution in [-0.4, -0.2) is 22.0 Å². The number of hydrogen-bond acceptors (Lipinski definition) is 3. The predicted octanol–water partition coefficient (Wildman–Crippen LogP) is 2.14. The summed E-state index contributed by atoms with van der Waals surface area (Å²) < 4.78 is 0. The summed E-state index contributed by atoms with van der Waals surface area (Å²) in [5, 5.41) is 14.3. The molecule has 1 aromatic carbocycles. The average Bonchev–Trinajstić information content (AvgIpc) is 2.78. The molecule has 17 heavy (non-hydrogen) atoms. The molecule has 0 aliphatic carbocycles. The maximum Gasteiger partial charge on any atom is 0.117 e. The molecule has 1 aromatic heterocycles. The fraction of sp³-hybridized carbons (Fsp3) is 0.231. The summed E-state index contributed by atoms with van der Waals surface area (Å²) in [5.41, 5.74) is 4.01. The molecular weight excluding hydrogens is 212 g/mol. The Labute approximate surface area is 101 Å². The minimum atomic E-state index is 0.688. The summed E-state index contributed by atoms with van der Waals surface area (Å²) in [6.45, 7) is 7.32. The fourth-order valence-electron chi connectivity index (χ4n) is 1.60. The fourth-order valence-corrected chi connectivity index (χ4v) is 1.60. The third-order valence-electron chi connectivity index (χ3n) is 2.39. The van der Waals surface area contributed by atoms with E-state index in [2.05, 4.69) is 27.3 Å². The first-order valence-electron chi connectivity index (χ1n) is 5.57. The van der Waals surface area contributed by atoms with Gasteiger partial charge in [-0.3, -0.25) is 0 Å². The standard InChI is InChI=1S/C13H16N4/c1-10(2)8-14-9-12-13(16-17-15-12)11-6-4-3-5-7-11/h3-7,14H,1,8-9H2,2H3,(H,15,16,17). The second-order valence-corrected chi connectivity index (χ2v) is 4.05. The van der Waals surface area contributed by atoms with E-state index in [4.69, 9.17) is 0 Å². The van der Waals surface area contributed by atoms with Gasteiger partial charge in [0.15, 0.2) is 0 Å². The molecule has 0 spiro atoms. The molecule has 0 radical (unpaired) electrons. The Bertz CT molecular complexity index is 487. The van der Waals surface area contributed by atoms with E-state index in [1.807, 2.05) is 37.3 Å². The monoisotopic (exact) mass is 228 g/mol. The van der Waals surface area contributed by atoms with Crippen molar-refractivity contribution in [1.82, 2.24) is 20.7 Å². The van der Waals surface area contributed by atoms with Gasteiger partial charge < -0.3 is 5.32 Å². The zero-order valence-corrected chi connectivity index (χ0v) is 9.90. The van der Waals surface area contributed by atoms with Crippen LogP contribution in [0.15, 0.2) is 42.5 Å². The molecule has 0 aliphatic heterocycles. The molecule has 0 unspecified atom stereocenters. The number of aromatic amines is 1. The van der Waals surface area contributed by atoms with E-state index in [9.17, 15) is 0 Å². The van der Waals surface area contributed by atoms with Gasteiger partial charge in [-0.25, -0.2) is 0 Å². The van der Waals surface area contributed by atoms with E-state index in [0.717, 1.165) is 29.1 Å². The van der Waals surface area contributed by atoms with Crippen molar-refractivity contribution in [1.29, 1.82) is 0 Å². The molecule has 88 valence electrons. The second-order valence-electron chi connectivity index (χ2n) is 4.05. The summed E-state index contributed by atoms with van der Waals surface area (Å²) in [6.07, 6.45) is 0. The van der Waals surface area contributed by atoms with Crippen LogP contribution in [-0.2, 0) is 6.54 Å². The first kappa shape index (κ1) is 11.5. The number of rotatable bonds is 5. The number of nitrogens with zero attached hydrogens (tertiary/aromatic N) is 2. The highest BCUT2D eigenvalue weighted by Crippen LogP contribution is 2.18. The van der Waals surface area contributed by atoms with Gasteiger partial charge in [-0.15, -0.1) is 0 Å². The highest BCUT2D eigenvalue weighted by atomic mass is 15.3. The number of hydrogen-bond donors (Lipinski definition) is 2. The number of aromatic nitrogens is 3. The van der Waals surface area contributed by atoms with Crippen molar-refractivity contribution in [3.05, 3.63) is 48.2 Å². The quantitative estimate of drug-likeness (QED) is 0.771. The Balaban J connectivity index is 2.10. The van der Waals surface area contributed by atoms with Crippen molar-refractivity contribution >= 4 is 0 Å². The lowest BCUT2D eigenvalue weighted by Crippen LogP contribution is -2.16. The van der Waals surface area contributed by atoms with Crippen LogP contribution in [0.2, 0.25) is 0 Å². The topological polar surface area (TPSA) is 53.6 Å². The molecule has 2 rings (SSSR count). The summed E-state index contributed by atoms with van der Waals surface area (Å²) in [6, 6.07) is 10.0. The van der Waals surface area contributed by atoms with Crippen molar-refractivity contribution in [2.45, 2.75) is 13.5 Å². The highest BCUT2D eigenvalue weighted by molar-refractivity contribution is 5.60. The predicted molar refractivity (Wildman–Crippen MR) is 68.3 cm³/mol. The lowest BCUT2D eigenvalue weighted by atomic mass is 10.1. The van der Waals surface area contributed by atoms with Crippen LogP contribution in [0.3, 0.4) is 0 Å². The number of H-pyrrole nitrogens is 1. The molecule has 2 N–H and O–H groups in total. The summed E-state index contributed by atoms with van der Waals surface area (Å²) in [5.74, 6) is 0. The smallest absolute Gasteiger partial charge is 0.117 e. The summed E-state index contributed by atoms with van der Waals surface area (Å²) >= 11 is 0. The minimum absolute atomic E-state index is 0.688. The van der Waals surface area contributed by atoms with E-state index < -0.39 is 0 Å². The van der Waals surface area contributed by atoms with Crippen molar-refractivity contribution in [3.8, 4) is 11.3 Å². The summed E-state index contributed by atoms with van der Waals surface area (Å²) in [4.78, 5) is 0. The zero-order chi connectivity index (χ0) is 12.1. The van der Waals surface area contributed by atoms with Crippen LogP contribution in [0.1, 0.15) is 12.6 Å². The van der Waals surface area contributed by atoms with Crippen LogP contribution in [0.25, 0.3) is 11.3 Å². The normalized spacial score (nSPS) is 10.4. The molecular formula is C13H16N4. The first-order chi connectivity index (χ1) is 8.27. The molecule has 0 saturated carbocycles. The van der Waals surface area contributed by atoms with Gasteiger partial charge in [0.25, 0.3) is 0 Å². The van der Waals surface area contributed by atoms with Gasteiger partial charge in [-0.1, -0.05) is 42.5 Å². The number of benzene rings is 1. The zero-order valence-electron chi connectivity index (χ0n) is 9.90. The van der Waals surface area contributed by atoms with Crippen molar-refractivity contribution in [2.75, 3.05) is 6.54 Å². The Kier molecular flexibility index (Phi) is 3.67. The largest absolute Gasteiger partial charge is 0.307 e. The Hall–Kier alpha value is -1.94. The maximum absolute atomic E-state index is 4.19. The molecule has 0 saturated heterocycles. The van der Waals surface area contributed by atoms with Crippen LogP contribution in [0.5, 0.6) is 0 Å². The molecule has 1 heterocycles. The second kappa shape index (κ2) is 5.41. The van der Waals surface area contributed by atoms with Gasteiger partial charge in [0, 0.05) is 18.7 Å². The third-order valence-corrected chi connectivity index (χ3v) is 2.39. The SMILES string of the molecule is C=C(C)CNCc1n[nH]nc1-c1ccccc1. The third kappa shape index (κ3) is 3.01. The van der Waals surface area contributed by atoms with Crippen LogP contribution >= 0.6 is 0 Å². The number of nitrogens with one attached hydrogen (secondary N) is 2. The van der Waals surface area contributed by atoms with Gasteiger partial charge in [-0.05, 0) is 6.92 Å². The Morgan fingerprint density at radius 3 is 2.76 bits per heavy atom. The molecule has 4 heteroatoms. The van der Waals surface area contributed by atoms with Crippen LogP contribution < -0.4 is 5.32 Å². The van der Waals surface area contributed by atoms with E-state index in [0.29, 0.717) is 6.54 Å². The van der Waals surface area contributed by atoms with E-state index in [1.165, 1.54) is 0 Å². The average molecular weight is 228 g/mol. The van der Waals surface area contributed by atoms with Gasteiger partial charge >= 0.3 is 0 Å². The molecule has 0 atom stereocenters. The van der Waals surface area contributed by atoms with Crippen LogP contribution in [0, 0.1) is 0 Å². The van der Waals surface area contributed by atoms with E-state index >= 15 is 0 Å². The van der Waals surface area contributed by atoms with Crippen LogP contribution in [0.4, 0.5) is 0 Å². The van der Waals surface area contributed by atoms with Gasteiger partial charge in [0.05, 0.1) is 0 Å². The minimum Gasteiger partial charge on any atom is -0.307 e. The lowest BCUT2D eigenvalue weighted by Gasteiger charge is -2.03. The van der Waals surface area contributed by atoms with Crippen molar-refractivity contribution in [2.24, 2.45) is 0 Å². The van der Waals surface area contributed by atoms with Crippen molar-refractivity contribution in [3.63, 3.8) is 0 Å². The van der Waals surface area contributed by atoms with E-state index in [1.54, 1.807) is 0 Å². The Morgan fingerprint density at radius 1 is 1.29 bits per heavy atom. The van der Waals surface area contributed by atoms with Gasteiger partial charge in [0.1, 0.15) is 11.4 Å². The maximum atomic E-state index is 4.19. The highest BCUT2D eigenvalue weighted by Gasteiger charge is 2.08. The molecule has 0 amide bonds. The molecule has 0 aliphatic rings. The summed E-state index contributed by atoms with van der Waals surface area (Å²) in [7, 11) is 0. The first-order valence-corrected chi connectivity index (χ1v) is 5.57. The molecule has 0 bridgehead atoms. The Morgan fingerprint density at radius 2 is 2.06 bits per heavy atom. The van der Waals surface area contributed by atoms with Gasteiger partial charge in [-0.2, -0.15) is 15.4 Å².